The average molecular weight is 267 g/mol. The van der Waals surface area contributed by atoms with Gasteiger partial charge in [0.2, 0.25) is 0 Å². The van der Waals surface area contributed by atoms with Crippen LogP contribution in [0.1, 0.15) is 33.6 Å². The van der Waals surface area contributed by atoms with Crippen molar-refractivity contribution >= 4 is 5.97 Å². The van der Waals surface area contributed by atoms with Crippen LogP contribution in [0.3, 0.4) is 0 Å². The maximum Gasteiger partial charge on any atom is 0.323 e. The topological polar surface area (TPSA) is 56.6 Å². The van der Waals surface area contributed by atoms with Crippen molar-refractivity contribution in [2.45, 2.75) is 45.7 Å². The van der Waals surface area contributed by atoms with Gasteiger partial charge >= 0.3 is 5.97 Å². The van der Waals surface area contributed by atoms with Gasteiger partial charge in [-0.3, -0.25) is 14.6 Å². The van der Waals surface area contributed by atoms with Crippen LogP contribution >= 0.6 is 0 Å². The molecule has 0 aliphatic carbocycles. The summed E-state index contributed by atoms with van der Waals surface area (Å²) in [5.41, 5.74) is 0. The fraction of sp³-hybridized carbons (Fsp3) is 0.857. The number of nitrogens with zero attached hydrogens (tertiary/aromatic N) is 3. The smallest absolute Gasteiger partial charge is 0.323 e. The monoisotopic (exact) mass is 267 g/mol. The van der Waals surface area contributed by atoms with Crippen molar-refractivity contribution in [1.29, 1.82) is 5.26 Å². The fourth-order valence-corrected chi connectivity index (χ4v) is 2.45. The third kappa shape index (κ3) is 4.48. The molecule has 0 aromatic rings. The highest BCUT2D eigenvalue weighted by atomic mass is 16.5. The van der Waals surface area contributed by atoms with Crippen LogP contribution in [0.5, 0.6) is 0 Å². The third-order valence-electron chi connectivity index (χ3n) is 3.68. The molecule has 1 rings (SSSR count). The summed E-state index contributed by atoms with van der Waals surface area (Å²) < 4.78 is 5.04. The highest BCUT2D eigenvalue weighted by Gasteiger charge is 2.28. The number of carbonyl (C=O) groups excluding carboxylic acids is 1. The number of rotatable bonds is 6. The van der Waals surface area contributed by atoms with Crippen molar-refractivity contribution in [2.24, 2.45) is 0 Å². The summed E-state index contributed by atoms with van der Waals surface area (Å²) in [6.07, 6.45) is 1.95. The van der Waals surface area contributed by atoms with Crippen LogP contribution in [-0.4, -0.2) is 60.6 Å². The van der Waals surface area contributed by atoms with Crippen LogP contribution in [0, 0.1) is 11.3 Å². The fourth-order valence-electron chi connectivity index (χ4n) is 2.45. The van der Waals surface area contributed by atoms with Crippen LogP contribution in [0.2, 0.25) is 0 Å². The molecule has 5 nitrogen and oxygen atoms in total. The van der Waals surface area contributed by atoms with E-state index in [0.717, 1.165) is 39.0 Å². The minimum absolute atomic E-state index is 0.0186. The first-order valence-corrected chi connectivity index (χ1v) is 7.18. The summed E-state index contributed by atoms with van der Waals surface area (Å²) in [6, 6.07) is 2.21. The van der Waals surface area contributed by atoms with E-state index in [-0.39, 0.29) is 18.1 Å². The van der Waals surface area contributed by atoms with Gasteiger partial charge in [0.25, 0.3) is 0 Å². The number of nitriles is 1. The molecular weight excluding hydrogens is 242 g/mol. The Morgan fingerprint density at radius 2 is 1.84 bits per heavy atom. The highest BCUT2D eigenvalue weighted by Crippen LogP contribution is 2.13. The van der Waals surface area contributed by atoms with Gasteiger partial charge < -0.3 is 4.74 Å². The lowest BCUT2D eigenvalue weighted by molar-refractivity contribution is -0.149. The zero-order valence-corrected chi connectivity index (χ0v) is 12.3. The lowest BCUT2D eigenvalue weighted by Crippen LogP contribution is -2.54. The van der Waals surface area contributed by atoms with E-state index in [0.29, 0.717) is 6.61 Å². The second kappa shape index (κ2) is 8.13. The molecule has 1 aliphatic heterocycles. The second-order valence-electron chi connectivity index (χ2n) is 4.93. The van der Waals surface area contributed by atoms with E-state index in [1.54, 1.807) is 0 Å². The molecule has 0 amide bonds. The molecule has 1 heterocycles. The van der Waals surface area contributed by atoms with E-state index >= 15 is 0 Å². The molecule has 1 aliphatic rings. The summed E-state index contributed by atoms with van der Waals surface area (Å²) in [4.78, 5) is 16.0. The number of hydrogen-bond acceptors (Lipinski definition) is 5. The Morgan fingerprint density at radius 3 is 2.32 bits per heavy atom. The van der Waals surface area contributed by atoms with Crippen LogP contribution in [-0.2, 0) is 9.53 Å². The quantitative estimate of drug-likeness (QED) is 0.678. The average Bonchev–Trinajstić information content (AvgIpc) is 2.44. The van der Waals surface area contributed by atoms with Gasteiger partial charge in [-0.1, -0.05) is 13.3 Å². The van der Waals surface area contributed by atoms with Crippen molar-refractivity contribution in [2.75, 3.05) is 32.8 Å². The molecule has 5 heteroatoms. The van der Waals surface area contributed by atoms with Gasteiger partial charge in [-0.05, 0) is 20.3 Å². The molecule has 0 bridgehead atoms. The number of piperazine rings is 1. The predicted molar refractivity (Wildman–Crippen MR) is 73.6 cm³/mol. The van der Waals surface area contributed by atoms with E-state index in [9.17, 15) is 4.79 Å². The predicted octanol–water partition coefficient (Wildman–Crippen LogP) is 1.25. The molecule has 0 N–H and O–H groups in total. The summed E-state index contributed by atoms with van der Waals surface area (Å²) >= 11 is 0. The summed E-state index contributed by atoms with van der Waals surface area (Å²) in [5, 5.41) is 9.16. The molecule has 2 atom stereocenters. The maximum atomic E-state index is 11.7. The molecule has 0 spiro atoms. The largest absolute Gasteiger partial charge is 0.465 e. The van der Waals surface area contributed by atoms with Gasteiger partial charge in [0, 0.05) is 26.2 Å². The summed E-state index contributed by atoms with van der Waals surface area (Å²) in [6.45, 7) is 9.58. The van der Waals surface area contributed by atoms with E-state index in [2.05, 4.69) is 22.8 Å². The minimum Gasteiger partial charge on any atom is -0.465 e. The van der Waals surface area contributed by atoms with E-state index in [1.807, 2.05) is 13.8 Å². The molecule has 0 saturated carbocycles. The SMILES string of the molecule is CCCC(C#N)N1CCN(C(C)C(=O)OCC)CC1. The molecule has 0 aromatic heterocycles. The van der Waals surface area contributed by atoms with Gasteiger partial charge in [0.05, 0.1) is 18.7 Å². The molecule has 19 heavy (non-hydrogen) atoms. The molecule has 0 radical (unpaired) electrons. The minimum atomic E-state index is -0.186. The number of ether oxygens (including phenoxy) is 1. The van der Waals surface area contributed by atoms with Crippen LogP contribution in [0.4, 0.5) is 0 Å². The van der Waals surface area contributed by atoms with Crippen molar-refractivity contribution in [1.82, 2.24) is 9.80 Å². The van der Waals surface area contributed by atoms with Crippen molar-refractivity contribution in [3.63, 3.8) is 0 Å². The molecule has 1 fully saturated rings. The van der Waals surface area contributed by atoms with Crippen LogP contribution < -0.4 is 0 Å². The lowest BCUT2D eigenvalue weighted by atomic mass is 10.1. The molecule has 0 aromatic carbocycles. The van der Waals surface area contributed by atoms with Gasteiger partial charge in [0.15, 0.2) is 0 Å². The Bertz CT molecular complexity index is 319. The van der Waals surface area contributed by atoms with Crippen molar-refractivity contribution in [3.05, 3.63) is 0 Å². The first kappa shape index (κ1) is 15.9. The standard InChI is InChI=1S/C14H25N3O2/c1-4-6-13(11-15)17-9-7-16(8-10-17)12(3)14(18)19-5-2/h12-13H,4-10H2,1-3H3. The Hall–Kier alpha value is -1.12. The first-order valence-electron chi connectivity index (χ1n) is 7.18. The van der Waals surface area contributed by atoms with Crippen molar-refractivity contribution in [3.8, 4) is 6.07 Å². The van der Waals surface area contributed by atoms with Gasteiger partial charge in [-0.2, -0.15) is 5.26 Å². The zero-order valence-electron chi connectivity index (χ0n) is 12.3. The third-order valence-corrected chi connectivity index (χ3v) is 3.68. The number of esters is 1. The highest BCUT2D eigenvalue weighted by molar-refractivity contribution is 5.75. The van der Waals surface area contributed by atoms with Crippen LogP contribution in [0.15, 0.2) is 0 Å². The van der Waals surface area contributed by atoms with E-state index in [1.165, 1.54) is 0 Å². The Balaban J connectivity index is 2.44. The summed E-state index contributed by atoms with van der Waals surface area (Å²) in [5.74, 6) is -0.152. The second-order valence-corrected chi connectivity index (χ2v) is 4.93. The Labute approximate surface area is 116 Å². The normalized spacial score (nSPS) is 20.5. The first-order chi connectivity index (χ1) is 9.13. The Morgan fingerprint density at radius 1 is 1.26 bits per heavy atom. The van der Waals surface area contributed by atoms with Crippen molar-refractivity contribution < 1.29 is 9.53 Å². The molecule has 108 valence electrons. The zero-order chi connectivity index (χ0) is 14.3. The van der Waals surface area contributed by atoms with Gasteiger partial charge in [-0.25, -0.2) is 0 Å². The van der Waals surface area contributed by atoms with E-state index in [4.69, 9.17) is 10.00 Å². The number of hydrogen-bond donors (Lipinski definition) is 0. The van der Waals surface area contributed by atoms with Gasteiger partial charge in [0.1, 0.15) is 6.04 Å². The van der Waals surface area contributed by atoms with Crippen LogP contribution in [0.25, 0.3) is 0 Å². The molecular formula is C14H25N3O2. The summed E-state index contributed by atoms with van der Waals surface area (Å²) in [7, 11) is 0. The number of carbonyl (C=O) groups is 1. The maximum absolute atomic E-state index is 11.7. The Kier molecular flexibility index (Phi) is 6.82. The van der Waals surface area contributed by atoms with Gasteiger partial charge in [-0.15, -0.1) is 0 Å². The van der Waals surface area contributed by atoms with E-state index < -0.39 is 0 Å². The molecule has 2 unspecified atom stereocenters. The lowest BCUT2D eigenvalue weighted by Gasteiger charge is -2.38. The molecule has 1 saturated heterocycles.